The molecule has 29 heavy (non-hydrogen) atoms. The largest absolute Gasteiger partial charge is 0.482 e. The van der Waals surface area contributed by atoms with Crippen molar-refractivity contribution in [2.24, 2.45) is 0 Å². The Balaban J connectivity index is 1.50. The molecule has 0 bridgehead atoms. The van der Waals surface area contributed by atoms with Gasteiger partial charge in [0, 0.05) is 5.69 Å². The highest BCUT2D eigenvalue weighted by Gasteiger charge is 2.22. The van der Waals surface area contributed by atoms with Crippen molar-refractivity contribution in [3.63, 3.8) is 0 Å². The number of nitrogens with one attached hydrogen (secondary N) is 1. The van der Waals surface area contributed by atoms with Crippen LogP contribution in [0.3, 0.4) is 0 Å². The molecular weight excluding hydrogens is 390 g/mol. The van der Waals surface area contributed by atoms with Crippen LogP contribution in [0.25, 0.3) is 11.1 Å². The van der Waals surface area contributed by atoms with Crippen LogP contribution in [0.1, 0.15) is 11.1 Å². The second kappa shape index (κ2) is 7.60. The molecule has 0 heterocycles. The minimum Gasteiger partial charge on any atom is -0.482 e. The maximum atomic E-state index is 12.8. The topological polar surface area (TPSA) is 81.7 Å². The van der Waals surface area contributed by atoms with E-state index in [0.29, 0.717) is 11.4 Å². The Hall–Kier alpha value is -3.32. The number of methoxy groups -OCH3 is 1. The molecule has 0 spiro atoms. The maximum absolute atomic E-state index is 12.8. The number of sulfonamides is 1. The van der Waals surface area contributed by atoms with Gasteiger partial charge in [0.25, 0.3) is 10.0 Å². The lowest BCUT2D eigenvalue weighted by molar-refractivity contribution is -0.142. The van der Waals surface area contributed by atoms with Crippen molar-refractivity contribution >= 4 is 21.7 Å². The molecule has 0 saturated carbocycles. The summed E-state index contributed by atoms with van der Waals surface area (Å²) in [6.45, 7) is -0.209. The Morgan fingerprint density at radius 3 is 2.45 bits per heavy atom. The van der Waals surface area contributed by atoms with Gasteiger partial charge < -0.3 is 9.47 Å². The van der Waals surface area contributed by atoms with Crippen LogP contribution in [0.5, 0.6) is 5.75 Å². The number of hydrogen-bond donors (Lipinski definition) is 1. The quantitative estimate of drug-likeness (QED) is 0.492. The summed E-state index contributed by atoms with van der Waals surface area (Å²) in [4.78, 5) is 11.3. The molecule has 0 unspecified atom stereocenters. The van der Waals surface area contributed by atoms with Gasteiger partial charge in [-0.15, -0.1) is 0 Å². The van der Waals surface area contributed by atoms with E-state index in [9.17, 15) is 13.2 Å². The number of anilines is 1. The number of benzene rings is 3. The summed E-state index contributed by atoms with van der Waals surface area (Å²) in [5.41, 5.74) is 4.83. The zero-order valence-electron chi connectivity index (χ0n) is 15.7. The van der Waals surface area contributed by atoms with Crippen molar-refractivity contribution in [2.75, 3.05) is 18.4 Å². The van der Waals surface area contributed by atoms with E-state index in [4.69, 9.17) is 4.74 Å². The van der Waals surface area contributed by atoms with E-state index < -0.39 is 16.0 Å². The first-order valence-corrected chi connectivity index (χ1v) is 10.5. The average molecular weight is 409 g/mol. The van der Waals surface area contributed by atoms with Gasteiger partial charge in [-0.3, -0.25) is 4.72 Å². The van der Waals surface area contributed by atoms with Crippen LogP contribution in [0.4, 0.5) is 5.69 Å². The van der Waals surface area contributed by atoms with Crippen molar-refractivity contribution in [3.05, 3.63) is 77.9 Å². The third-order valence-corrected chi connectivity index (χ3v) is 6.15. The van der Waals surface area contributed by atoms with Gasteiger partial charge in [0.1, 0.15) is 5.75 Å². The molecule has 0 radical (unpaired) electrons. The zero-order valence-corrected chi connectivity index (χ0v) is 16.5. The molecule has 7 heteroatoms. The highest BCUT2D eigenvalue weighted by atomic mass is 32.2. The van der Waals surface area contributed by atoms with E-state index in [0.717, 1.165) is 23.1 Å². The SMILES string of the molecule is COC(=O)COc1ccc(NS(=O)(=O)c2ccc3c(c2)Cc2ccccc2-3)cc1. The van der Waals surface area contributed by atoms with Gasteiger partial charge >= 0.3 is 5.97 Å². The molecule has 148 valence electrons. The van der Waals surface area contributed by atoms with Crippen molar-refractivity contribution < 1.29 is 22.7 Å². The van der Waals surface area contributed by atoms with Crippen LogP contribution in [0.15, 0.2) is 71.6 Å². The molecule has 0 saturated heterocycles. The fourth-order valence-corrected chi connectivity index (χ4v) is 4.43. The van der Waals surface area contributed by atoms with Gasteiger partial charge in [0.05, 0.1) is 12.0 Å². The van der Waals surface area contributed by atoms with E-state index >= 15 is 0 Å². The normalized spacial score (nSPS) is 12.0. The number of hydrogen-bond acceptors (Lipinski definition) is 5. The van der Waals surface area contributed by atoms with Gasteiger partial charge in [-0.2, -0.15) is 0 Å². The Labute approximate surface area is 169 Å². The lowest BCUT2D eigenvalue weighted by Crippen LogP contribution is -2.14. The lowest BCUT2D eigenvalue weighted by atomic mass is 10.1. The maximum Gasteiger partial charge on any atom is 0.343 e. The monoisotopic (exact) mass is 409 g/mol. The van der Waals surface area contributed by atoms with Gasteiger partial charge in [0.2, 0.25) is 0 Å². The van der Waals surface area contributed by atoms with Crippen LogP contribution in [-0.4, -0.2) is 28.1 Å². The lowest BCUT2D eigenvalue weighted by Gasteiger charge is -2.11. The number of rotatable bonds is 6. The molecule has 0 amide bonds. The smallest absolute Gasteiger partial charge is 0.343 e. The van der Waals surface area contributed by atoms with Crippen molar-refractivity contribution in [3.8, 4) is 16.9 Å². The number of esters is 1. The minimum atomic E-state index is -3.73. The summed E-state index contributed by atoms with van der Waals surface area (Å²) >= 11 is 0. The van der Waals surface area contributed by atoms with E-state index in [2.05, 4.69) is 21.6 Å². The number of carbonyl (C=O) groups excluding carboxylic acids is 1. The first kappa shape index (κ1) is 19.0. The predicted molar refractivity (Wildman–Crippen MR) is 109 cm³/mol. The van der Waals surface area contributed by atoms with E-state index in [1.165, 1.54) is 12.7 Å². The summed E-state index contributed by atoms with van der Waals surface area (Å²) in [6, 6.07) is 19.6. The van der Waals surface area contributed by atoms with Crippen LogP contribution < -0.4 is 9.46 Å². The Morgan fingerprint density at radius 1 is 0.966 bits per heavy atom. The van der Waals surface area contributed by atoms with Gasteiger partial charge in [-0.25, -0.2) is 13.2 Å². The molecule has 4 rings (SSSR count). The highest BCUT2D eigenvalue weighted by Crippen LogP contribution is 2.37. The van der Waals surface area contributed by atoms with Crippen molar-refractivity contribution in [1.82, 2.24) is 0 Å². The fourth-order valence-electron chi connectivity index (χ4n) is 3.32. The highest BCUT2D eigenvalue weighted by molar-refractivity contribution is 7.92. The van der Waals surface area contributed by atoms with E-state index in [1.807, 2.05) is 18.2 Å². The molecule has 0 aromatic heterocycles. The molecular formula is C22H19NO5S. The van der Waals surface area contributed by atoms with E-state index in [-0.39, 0.29) is 11.5 Å². The molecule has 1 aliphatic carbocycles. The molecule has 6 nitrogen and oxygen atoms in total. The summed E-state index contributed by atoms with van der Waals surface area (Å²) in [5, 5.41) is 0. The van der Waals surface area contributed by atoms with Crippen molar-refractivity contribution in [2.45, 2.75) is 11.3 Å². The average Bonchev–Trinajstić information content (AvgIpc) is 3.10. The second-order valence-corrected chi connectivity index (χ2v) is 8.33. The second-order valence-electron chi connectivity index (χ2n) is 6.65. The van der Waals surface area contributed by atoms with Gasteiger partial charge in [0.15, 0.2) is 6.61 Å². The molecule has 3 aromatic rings. The molecule has 3 aromatic carbocycles. The summed E-state index contributed by atoms with van der Waals surface area (Å²) in [5.74, 6) is -0.0535. The Morgan fingerprint density at radius 2 is 1.69 bits per heavy atom. The number of carbonyl (C=O) groups is 1. The van der Waals surface area contributed by atoms with Crippen LogP contribution in [-0.2, 0) is 26.0 Å². The van der Waals surface area contributed by atoms with Gasteiger partial charge in [-0.05, 0) is 65.1 Å². The predicted octanol–water partition coefficient (Wildman–Crippen LogP) is 3.61. The summed E-state index contributed by atoms with van der Waals surface area (Å²) < 4.78 is 38.0. The fraction of sp³-hybridized carbons (Fsp3) is 0.136. The molecule has 1 N–H and O–H groups in total. The van der Waals surface area contributed by atoms with Gasteiger partial charge in [-0.1, -0.05) is 30.3 Å². The third-order valence-electron chi connectivity index (χ3n) is 4.77. The van der Waals surface area contributed by atoms with Crippen molar-refractivity contribution in [1.29, 1.82) is 0 Å². The Kier molecular flexibility index (Phi) is 4.98. The summed E-state index contributed by atoms with van der Waals surface area (Å²) in [6.07, 6.45) is 0.723. The van der Waals surface area contributed by atoms with Crippen LogP contribution in [0, 0.1) is 0 Å². The standard InChI is InChI=1S/C22H19NO5S/c1-27-22(24)14-28-18-8-6-17(7-9-18)23-29(25,26)19-10-11-21-16(13-19)12-15-4-2-3-5-20(15)21/h2-11,13,23H,12,14H2,1H3. The summed E-state index contributed by atoms with van der Waals surface area (Å²) in [7, 11) is -2.45. The first-order valence-electron chi connectivity index (χ1n) is 9.00. The molecule has 0 atom stereocenters. The first-order chi connectivity index (χ1) is 14.0. The minimum absolute atomic E-state index is 0.209. The van der Waals surface area contributed by atoms with E-state index in [1.54, 1.807) is 36.4 Å². The number of ether oxygens (including phenoxy) is 2. The molecule has 1 aliphatic rings. The van der Waals surface area contributed by atoms with Crippen LogP contribution >= 0.6 is 0 Å². The number of fused-ring (bicyclic) bond motifs is 3. The third kappa shape index (κ3) is 3.95. The zero-order chi connectivity index (χ0) is 20.4. The molecule has 0 fully saturated rings. The molecule has 0 aliphatic heterocycles. The Bertz CT molecular complexity index is 1170. The van der Waals surface area contributed by atoms with Crippen LogP contribution in [0.2, 0.25) is 0 Å².